The third-order valence-corrected chi connectivity index (χ3v) is 2.82. The van der Waals surface area contributed by atoms with E-state index in [0.29, 0.717) is 6.42 Å². The van der Waals surface area contributed by atoms with Gasteiger partial charge >= 0.3 is 0 Å². The Balaban J connectivity index is 2.10. The lowest BCUT2D eigenvalue weighted by Crippen LogP contribution is -1.97. The van der Waals surface area contributed by atoms with E-state index in [4.69, 9.17) is 0 Å². The average Bonchev–Trinajstić information content (AvgIpc) is 2.98. The fourth-order valence-electron chi connectivity index (χ4n) is 1.87. The number of carbonyl (C=O) groups is 1. The van der Waals surface area contributed by atoms with Crippen LogP contribution in [-0.2, 0) is 11.2 Å². The number of aryl methyl sites for hydroxylation is 1. The standard InChI is InChI=1S/C13H16O/c1-10(14)6-7-11-4-2-3-5-13(11)12-8-9-12/h2-5,12H,6-9H2,1H3. The first kappa shape index (κ1) is 9.45. The molecule has 0 saturated heterocycles. The molecule has 74 valence electrons. The second-order valence-corrected chi connectivity index (χ2v) is 4.18. The third-order valence-electron chi connectivity index (χ3n) is 2.82. The van der Waals surface area contributed by atoms with Crippen LogP contribution in [0.2, 0.25) is 0 Å². The molecule has 0 atom stereocenters. The van der Waals surface area contributed by atoms with E-state index in [0.717, 1.165) is 12.3 Å². The molecule has 0 aliphatic heterocycles. The maximum Gasteiger partial charge on any atom is 0.130 e. The highest BCUT2D eigenvalue weighted by molar-refractivity contribution is 5.75. The van der Waals surface area contributed by atoms with Gasteiger partial charge in [0.25, 0.3) is 0 Å². The molecule has 1 nitrogen and oxygen atoms in total. The van der Waals surface area contributed by atoms with Crippen molar-refractivity contribution in [3.8, 4) is 0 Å². The van der Waals surface area contributed by atoms with Gasteiger partial charge in [0, 0.05) is 6.42 Å². The van der Waals surface area contributed by atoms with Crippen molar-refractivity contribution in [2.75, 3.05) is 0 Å². The highest BCUT2D eigenvalue weighted by Crippen LogP contribution is 2.41. The summed E-state index contributed by atoms with van der Waals surface area (Å²) >= 11 is 0. The molecule has 14 heavy (non-hydrogen) atoms. The van der Waals surface area contributed by atoms with Gasteiger partial charge in [-0.1, -0.05) is 24.3 Å². The van der Waals surface area contributed by atoms with Crippen molar-refractivity contribution in [1.82, 2.24) is 0 Å². The van der Waals surface area contributed by atoms with Crippen LogP contribution >= 0.6 is 0 Å². The summed E-state index contributed by atoms with van der Waals surface area (Å²) in [5, 5.41) is 0. The van der Waals surface area contributed by atoms with E-state index < -0.39 is 0 Å². The molecule has 1 saturated carbocycles. The lowest BCUT2D eigenvalue weighted by Gasteiger charge is -2.06. The number of hydrogen-bond donors (Lipinski definition) is 0. The van der Waals surface area contributed by atoms with Gasteiger partial charge in [-0.25, -0.2) is 0 Å². The van der Waals surface area contributed by atoms with Gasteiger partial charge < -0.3 is 4.79 Å². The van der Waals surface area contributed by atoms with E-state index in [1.807, 2.05) is 0 Å². The quantitative estimate of drug-likeness (QED) is 0.709. The summed E-state index contributed by atoms with van der Waals surface area (Å²) < 4.78 is 0. The molecule has 1 aliphatic rings. The van der Waals surface area contributed by atoms with Crippen LogP contribution in [0, 0.1) is 0 Å². The second-order valence-electron chi connectivity index (χ2n) is 4.18. The van der Waals surface area contributed by atoms with E-state index in [9.17, 15) is 4.79 Å². The molecule has 2 rings (SSSR count). The van der Waals surface area contributed by atoms with Crippen LogP contribution in [0.5, 0.6) is 0 Å². The molecule has 0 heterocycles. The Morgan fingerprint density at radius 2 is 2.07 bits per heavy atom. The summed E-state index contributed by atoms with van der Waals surface area (Å²) in [4.78, 5) is 10.9. The van der Waals surface area contributed by atoms with E-state index in [1.165, 1.54) is 24.0 Å². The summed E-state index contributed by atoms with van der Waals surface area (Å²) in [6.45, 7) is 1.67. The van der Waals surface area contributed by atoms with Crippen molar-refractivity contribution in [2.24, 2.45) is 0 Å². The van der Waals surface area contributed by atoms with Crippen molar-refractivity contribution in [3.63, 3.8) is 0 Å². The first-order chi connectivity index (χ1) is 6.77. The Labute approximate surface area is 85.1 Å². The minimum Gasteiger partial charge on any atom is -0.300 e. The van der Waals surface area contributed by atoms with Gasteiger partial charge in [0.2, 0.25) is 0 Å². The van der Waals surface area contributed by atoms with Gasteiger partial charge in [0.05, 0.1) is 0 Å². The lowest BCUT2D eigenvalue weighted by molar-refractivity contribution is -0.116. The molecule has 0 bridgehead atoms. The van der Waals surface area contributed by atoms with Gasteiger partial charge in [-0.15, -0.1) is 0 Å². The molecule has 0 spiro atoms. The van der Waals surface area contributed by atoms with Gasteiger partial charge in [-0.3, -0.25) is 0 Å². The van der Waals surface area contributed by atoms with Crippen molar-refractivity contribution in [2.45, 2.75) is 38.5 Å². The van der Waals surface area contributed by atoms with Crippen LogP contribution in [0.15, 0.2) is 24.3 Å². The van der Waals surface area contributed by atoms with Crippen molar-refractivity contribution < 1.29 is 4.79 Å². The number of Topliss-reactive ketones (excluding diaryl/α,β-unsaturated/α-hetero) is 1. The topological polar surface area (TPSA) is 17.1 Å². The zero-order valence-corrected chi connectivity index (χ0v) is 8.62. The van der Waals surface area contributed by atoms with Gasteiger partial charge in [0.1, 0.15) is 5.78 Å². The normalized spacial score (nSPS) is 15.5. The molecule has 1 heteroatoms. The molecule has 1 aromatic carbocycles. The molecule has 1 fully saturated rings. The van der Waals surface area contributed by atoms with Crippen LogP contribution in [0.3, 0.4) is 0 Å². The first-order valence-electron chi connectivity index (χ1n) is 5.34. The zero-order chi connectivity index (χ0) is 9.97. The average molecular weight is 188 g/mol. The molecule has 0 amide bonds. The molecule has 1 aromatic rings. The van der Waals surface area contributed by atoms with E-state index in [2.05, 4.69) is 24.3 Å². The Hall–Kier alpha value is -1.11. The SMILES string of the molecule is CC(=O)CCc1ccccc1C1CC1. The predicted molar refractivity (Wildman–Crippen MR) is 57.4 cm³/mol. The Kier molecular flexibility index (Phi) is 2.67. The fourth-order valence-corrected chi connectivity index (χ4v) is 1.87. The van der Waals surface area contributed by atoms with Crippen LogP contribution in [0.4, 0.5) is 0 Å². The maximum absolute atomic E-state index is 10.9. The van der Waals surface area contributed by atoms with Crippen molar-refractivity contribution in [3.05, 3.63) is 35.4 Å². The Morgan fingerprint density at radius 1 is 1.36 bits per heavy atom. The summed E-state index contributed by atoms with van der Waals surface area (Å²) in [6, 6.07) is 8.55. The maximum atomic E-state index is 10.9. The van der Waals surface area contributed by atoms with Gasteiger partial charge in [-0.2, -0.15) is 0 Å². The molecular weight excluding hydrogens is 172 g/mol. The molecule has 0 aromatic heterocycles. The van der Waals surface area contributed by atoms with Gasteiger partial charge in [0.15, 0.2) is 0 Å². The third kappa shape index (κ3) is 2.22. The highest BCUT2D eigenvalue weighted by Gasteiger charge is 2.25. The Bertz CT molecular complexity index is 337. The number of carbonyl (C=O) groups excluding carboxylic acids is 1. The Morgan fingerprint density at radius 3 is 2.71 bits per heavy atom. The number of ketones is 1. The largest absolute Gasteiger partial charge is 0.300 e. The van der Waals surface area contributed by atoms with E-state index >= 15 is 0 Å². The highest BCUT2D eigenvalue weighted by atomic mass is 16.1. The number of benzene rings is 1. The zero-order valence-electron chi connectivity index (χ0n) is 8.62. The van der Waals surface area contributed by atoms with Gasteiger partial charge in [-0.05, 0) is 43.2 Å². The van der Waals surface area contributed by atoms with Crippen LogP contribution in [0.1, 0.15) is 43.2 Å². The predicted octanol–water partition coefficient (Wildman–Crippen LogP) is 3.09. The van der Waals surface area contributed by atoms with Crippen molar-refractivity contribution >= 4 is 5.78 Å². The summed E-state index contributed by atoms with van der Waals surface area (Å²) in [5.74, 6) is 1.08. The van der Waals surface area contributed by atoms with Crippen molar-refractivity contribution in [1.29, 1.82) is 0 Å². The molecular formula is C13H16O. The minimum absolute atomic E-state index is 0.288. The van der Waals surface area contributed by atoms with E-state index in [1.54, 1.807) is 6.92 Å². The summed E-state index contributed by atoms with van der Waals surface area (Å²) in [5.41, 5.74) is 2.86. The summed E-state index contributed by atoms with van der Waals surface area (Å²) in [7, 11) is 0. The fraction of sp³-hybridized carbons (Fsp3) is 0.462. The van der Waals surface area contributed by atoms with Crippen LogP contribution in [0.25, 0.3) is 0 Å². The van der Waals surface area contributed by atoms with Crippen LogP contribution in [-0.4, -0.2) is 5.78 Å². The van der Waals surface area contributed by atoms with Crippen LogP contribution < -0.4 is 0 Å². The second kappa shape index (κ2) is 3.95. The molecule has 0 unspecified atom stereocenters. The molecule has 1 aliphatic carbocycles. The van der Waals surface area contributed by atoms with E-state index in [-0.39, 0.29) is 5.78 Å². The molecule has 0 N–H and O–H groups in total. The lowest BCUT2D eigenvalue weighted by atomic mass is 9.99. The first-order valence-corrected chi connectivity index (χ1v) is 5.34. The number of hydrogen-bond acceptors (Lipinski definition) is 1. The molecule has 0 radical (unpaired) electrons. The number of rotatable bonds is 4. The smallest absolute Gasteiger partial charge is 0.130 e. The minimum atomic E-state index is 0.288. The monoisotopic (exact) mass is 188 g/mol. The summed E-state index contributed by atoms with van der Waals surface area (Å²) in [6.07, 6.45) is 4.26.